The molecule has 2 rings (SSSR count). The Morgan fingerprint density at radius 3 is 2.10 bits per heavy atom. The second-order valence-corrected chi connectivity index (χ2v) is 8.97. The first-order valence-electron chi connectivity index (χ1n) is 12.3. The van der Waals surface area contributed by atoms with E-state index in [0.717, 1.165) is 25.0 Å². The summed E-state index contributed by atoms with van der Waals surface area (Å²) in [7, 11) is 0. The summed E-state index contributed by atoms with van der Waals surface area (Å²) in [5.41, 5.74) is 3.72. The first kappa shape index (κ1) is 25.7. The molecule has 0 spiro atoms. The van der Waals surface area contributed by atoms with Gasteiger partial charge in [0.05, 0.1) is 11.1 Å². The molecule has 0 saturated carbocycles. The van der Waals surface area contributed by atoms with Gasteiger partial charge in [-0.25, -0.2) is 0 Å². The van der Waals surface area contributed by atoms with Crippen LogP contribution in [0.2, 0.25) is 5.02 Å². The topological polar surface area (TPSA) is 18.5 Å². The molecule has 0 aliphatic rings. The highest BCUT2D eigenvalue weighted by Crippen LogP contribution is 2.31. The molecule has 2 aromatic rings. The molecule has 1 atom stereocenters. The Labute approximate surface area is 195 Å². The molecule has 0 saturated heterocycles. The monoisotopic (exact) mass is 444 g/mol. The Kier molecular flexibility index (Phi) is 12.7. The van der Waals surface area contributed by atoms with Gasteiger partial charge in [0.1, 0.15) is 12.4 Å². The molecule has 0 radical (unpaired) electrons. The molecule has 31 heavy (non-hydrogen) atoms. The first-order valence-corrected chi connectivity index (χ1v) is 12.6. The van der Waals surface area contributed by atoms with E-state index in [2.05, 4.69) is 44.2 Å². The summed E-state index contributed by atoms with van der Waals surface area (Å²) in [6, 6.07) is 14.9. The van der Waals surface area contributed by atoms with Crippen LogP contribution in [0.5, 0.6) is 5.75 Å². The minimum absolute atomic E-state index is 0.0613. The normalized spacial score (nSPS) is 12.1. The molecule has 0 heterocycles. The quantitative estimate of drug-likeness (QED) is 0.240. The maximum absolute atomic E-state index is 6.48. The number of halogens is 1. The summed E-state index contributed by atoms with van der Waals surface area (Å²) < 4.78 is 11.6. The van der Waals surface area contributed by atoms with Gasteiger partial charge in [0.25, 0.3) is 0 Å². The van der Waals surface area contributed by atoms with Crippen LogP contribution in [0.3, 0.4) is 0 Å². The van der Waals surface area contributed by atoms with Crippen molar-refractivity contribution in [1.29, 1.82) is 0 Å². The zero-order chi connectivity index (χ0) is 22.3. The molecular formula is C28H41ClO2. The van der Waals surface area contributed by atoms with Crippen LogP contribution in [0.1, 0.15) is 84.1 Å². The molecule has 0 bridgehead atoms. The van der Waals surface area contributed by atoms with Crippen LogP contribution in [0.25, 0.3) is 11.1 Å². The fraction of sp³-hybridized carbons (Fsp3) is 0.571. The Morgan fingerprint density at radius 1 is 0.774 bits per heavy atom. The van der Waals surface area contributed by atoms with E-state index >= 15 is 0 Å². The maximum Gasteiger partial charge on any atom is 0.138 e. The molecule has 0 aromatic heterocycles. The SMILES string of the molecule is CCCCCCCCCc1ccc(-c2ccc(OCC(C)OCCCC)c(Cl)c2)cc1. The molecule has 0 fully saturated rings. The van der Waals surface area contributed by atoms with Crippen LogP contribution < -0.4 is 4.74 Å². The summed E-state index contributed by atoms with van der Waals surface area (Å²) >= 11 is 6.48. The fourth-order valence-corrected chi connectivity index (χ4v) is 3.87. The van der Waals surface area contributed by atoms with Crippen molar-refractivity contribution in [3.05, 3.63) is 53.1 Å². The van der Waals surface area contributed by atoms with E-state index in [0.29, 0.717) is 17.4 Å². The van der Waals surface area contributed by atoms with Crippen molar-refractivity contribution in [2.75, 3.05) is 13.2 Å². The maximum atomic E-state index is 6.48. The van der Waals surface area contributed by atoms with Crippen molar-refractivity contribution in [1.82, 2.24) is 0 Å². The van der Waals surface area contributed by atoms with Gasteiger partial charge >= 0.3 is 0 Å². The van der Waals surface area contributed by atoms with Crippen LogP contribution >= 0.6 is 11.6 Å². The van der Waals surface area contributed by atoms with Gasteiger partial charge in [-0.1, -0.05) is 101 Å². The second-order valence-electron chi connectivity index (χ2n) is 8.56. The van der Waals surface area contributed by atoms with E-state index in [1.54, 1.807) is 0 Å². The van der Waals surface area contributed by atoms with Crippen molar-refractivity contribution in [3.63, 3.8) is 0 Å². The van der Waals surface area contributed by atoms with Crippen LogP contribution in [0.4, 0.5) is 0 Å². The standard InChI is InChI=1S/C28H41ClO2/c1-4-6-8-9-10-11-12-13-24-14-16-25(17-15-24)26-18-19-28(27(29)21-26)31-22-23(3)30-20-7-5-2/h14-19,21,23H,4-13,20,22H2,1-3H3. The molecule has 1 unspecified atom stereocenters. The lowest BCUT2D eigenvalue weighted by Crippen LogP contribution is -2.18. The Hall–Kier alpha value is -1.51. The van der Waals surface area contributed by atoms with Gasteiger partial charge in [0, 0.05) is 6.61 Å². The molecule has 0 amide bonds. The van der Waals surface area contributed by atoms with Gasteiger partial charge < -0.3 is 9.47 Å². The van der Waals surface area contributed by atoms with Gasteiger partial charge in [-0.15, -0.1) is 0 Å². The zero-order valence-corrected chi connectivity index (χ0v) is 20.6. The Bertz CT molecular complexity index is 726. The van der Waals surface area contributed by atoms with Crippen molar-refractivity contribution in [2.45, 2.75) is 91.1 Å². The minimum atomic E-state index is 0.0613. The lowest BCUT2D eigenvalue weighted by atomic mass is 10.0. The molecule has 2 aromatic carbocycles. The highest BCUT2D eigenvalue weighted by molar-refractivity contribution is 6.32. The van der Waals surface area contributed by atoms with Crippen molar-refractivity contribution in [3.8, 4) is 16.9 Å². The molecular weight excluding hydrogens is 404 g/mol. The summed E-state index contributed by atoms with van der Waals surface area (Å²) in [5, 5.41) is 0.644. The molecule has 3 heteroatoms. The number of hydrogen-bond donors (Lipinski definition) is 0. The predicted molar refractivity (Wildman–Crippen MR) is 134 cm³/mol. The van der Waals surface area contributed by atoms with Crippen molar-refractivity contribution < 1.29 is 9.47 Å². The molecule has 0 aliphatic heterocycles. The molecule has 2 nitrogen and oxygen atoms in total. The predicted octanol–water partition coefficient (Wildman–Crippen LogP) is 8.88. The lowest BCUT2D eigenvalue weighted by molar-refractivity contribution is 0.0309. The molecule has 0 N–H and O–H groups in total. The largest absolute Gasteiger partial charge is 0.489 e. The summed E-state index contributed by atoms with van der Waals surface area (Å²) in [6.07, 6.45) is 12.9. The van der Waals surface area contributed by atoms with Crippen LogP contribution in [-0.4, -0.2) is 19.3 Å². The average molecular weight is 445 g/mol. The van der Waals surface area contributed by atoms with E-state index in [1.807, 2.05) is 19.1 Å². The van der Waals surface area contributed by atoms with E-state index in [9.17, 15) is 0 Å². The number of unbranched alkanes of at least 4 members (excludes halogenated alkanes) is 7. The van der Waals surface area contributed by atoms with Gasteiger partial charge in [0.15, 0.2) is 0 Å². The highest BCUT2D eigenvalue weighted by Gasteiger charge is 2.08. The highest BCUT2D eigenvalue weighted by atomic mass is 35.5. The first-order chi connectivity index (χ1) is 15.1. The lowest BCUT2D eigenvalue weighted by Gasteiger charge is -2.15. The third-order valence-corrected chi connectivity index (χ3v) is 5.96. The number of aryl methyl sites for hydroxylation is 1. The smallest absolute Gasteiger partial charge is 0.138 e. The van der Waals surface area contributed by atoms with Crippen LogP contribution in [0.15, 0.2) is 42.5 Å². The van der Waals surface area contributed by atoms with E-state index < -0.39 is 0 Å². The third kappa shape index (κ3) is 10.1. The van der Waals surface area contributed by atoms with Crippen LogP contribution in [0, 0.1) is 0 Å². The van der Waals surface area contributed by atoms with Crippen LogP contribution in [-0.2, 0) is 11.2 Å². The second kappa shape index (κ2) is 15.3. The zero-order valence-electron chi connectivity index (χ0n) is 19.8. The van der Waals surface area contributed by atoms with E-state index in [1.165, 1.54) is 62.5 Å². The Balaban J connectivity index is 1.79. The number of benzene rings is 2. The molecule has 172 valence electrons. The number of hydrogen-bond acceptors (Lipinski definition) is 2. The van der Waals surface area contributed by atoms with Crippen molar-refractivity contribution in [2.24, 2.45) is 0 Å². The summed E-state index contributed by atoms with van der Waals surface area (Å²) in [6.45, 7) is 7.76. The van der Waals surface area contributed by atoms with E-state index in [4.69, 9.17) is 21.1 Å². The minimum Gasteiger partial charge on any atom is -0.489 e. The average Bonchev–Trinajstić information content (AvgIpc) is 2.78. The van der Waals surface area contributed by atoms with Gasteiger partial charge in [-0.2, -0.15) is 0 Å². The number of ether oxygens (including phenoxy) is 2. The number of rotatable bonds is 16. The summed E-state index contributed by atoms with van der Waals surface area (Å²) in [4.78, 5) is 0. The van der Waals surface area contributed by atoms with E-state index in [-0.39, 0.29) is 6.10 Å². The third-order valence-electron chi connectivity index (χ3n) is 5.66. The van der Waals surface area contributed by atoms with Crippen molar-refractivity contribution >= 4 is 11.6 Å². The fourth-order valence-electron chi connectivity index (χ4n) is 3.63. The van der Waals surface area contributed by atoms with Gasteiger partial charge in [-0.05, 0) is 55.0 Å². The Morgan fingerprint density at radius 2 is 1.42 bits per heavy atom. The summed E-state index contributed by atoms with van der Waals surface area (Å²) in [5.74, 6) is 0.715. The van der Waals surface area contributed by atoms with Gasteiger partial charge in [0.2, 0.25) is 0 Å². The molecule has 0 aliphatic carbocycles. The van der Waals surface area contributed by atoms with Gasteiger partial charge in [-0.3, -0.25) is 0 Å².